The normalized spacial score (nSPS) is 37.8. The Morgan fingerprint density at radius 2 is 1.72 bits per heavy atom. The van der Waals surface area contributed by atoms with Crippen LogP contribution in [0.1, 0.15) is 12.5 Å². The zero-order valence-electron chi connectivity index (χ0n) is 17.6. The van der Waals surface area contributed by atoms with Crippen molar-refractivity contribution in [3.8, 4) is 11.5 Å². The molecule has 0 saturated carbocycles. The largest absolute Gasteiger partial charge is 0.491 e. The highest BCUT2D eigenvalue weighted by Gasteiger charge is 2.80. The first-order valence-corrected chi connectivity index (χ1v) is 14.6. The molecule has 1 aromatic carbocycles. The van der Waals surface area contributed by atoms with E-state index < -0.39 is 33.5 Å². The van der Waals surface area contributed by atoms with E-state index in [1.807, 2.05) is 0 Å². The molecule has 2 amide bonds. The molecule has 32 heavy (non-hydrogen) atoms. The molecule has 14 heteroatoms. The monoisotopic (exact) mass is 537 g/mol. The van der Waals surface area contributed by atoms with Gasteiger partial charge in [0.25, 0.3) is 11.8 Å². The second-order valence-corrected chi connectivity index (χ2v) is 14.8. The van der Waals surface area contributed by atoms with E-state index in [1.165, 1.54) is 60.5 Å². The third-order valence-corrected chi connectivity index (χ3v) is 14.4. The summed E-state index contributed by atoms with van der Waals surface area (Å²) in [5, 5.41) is 24.0. The van der Waals surface area contributed by atoms with Gasteiger partial charge < -0.3 is 29.5 Å². The molecule has 174 valence electrons. The lowest BCUT2D eigenvalue weighted by Crippen LogP contribution is -2.75. The van der Waals surface area contributed by atoms with Crippen LogP contribution < -0.4 is 14.4 Å². The highest BCUT2D eigenvalue weighted by atomic mass is 35.5. The number of benzene rings is 1. The van der Waals surface area contributed by atoms with Crippen molar-refractivity contribution in [1.29, 1.82) is 0 Å². The van der Waals surface area contributed by atoms with Gasteiger partial charge in [-0.15, -0.1) is 0 Å². The van der Waals surface area contributed by atoms with E-state index in [0.29, 0.717) is 5.69 Å². The number of hydrogen-bond acceptors (Lipinski definition) is 11. The van der Waals surface area contributed by atoms with Gasteiger partial charge >= 0.3 is 0 Å². The number of rotatable bonds is 2. The number of nitrogens with zero attached hydrogens (tertiary/aromatic N) is 3. The lowest BCUT2D eigenvalue weighted by Gasteiger charge is -2.54. The number of aliphatic hydroxyl groups is 2. The topological polar surface area (TPSA) is 103 Å². The van der Waals surface area contributed by atoms with E-state index >= 15 is 0 Å². The van der Waals surface area contributed by atoms with Crippen LogP contribution in [0.25, 0.3) is 0 Å². The summed E-state index contributed by atoms with van der Waals surface area (Å²) in [4.78, 5) is 29.1. The predicted molar refractivity (Wildman–Crippen MR) is 128 cm³/mol. The molecule has 2 N–H and O–H groups in total. The number of fused-ring (bicyclic) bond motifs is 7. The van der Waals surface area contributed by atoms with Crippen LogP contribution in [0, 0.1) is 0 Å². The van der Waals surface area contributed by atoms with Crippen LogP contribution in [0.5, 0.6) is 11.5 Å². The molecule has 9 nitrogen and oxygen atoms in total. The maximum absolute atomic E-state index is 13.9. The van der Waals surface area contributed by atoms with Gasteiger partial charge in [0, 0.05) is 19.7 Å². The Morgan fingerprint density at radius 1 is 1.09 bits per heavy atom. The molecule has 5 atom stereocenters. The van der Waals surface area contributed by atoms with Gasteiger partial charge in [-0.1, -0.05) is 11.6 Å². The molecule has 1 aromatic rings. The first-order valence-electron chi connectivity index (χ1n) is 9.43. The molecule has 4 saturated heterocycles. The van der Waals surface area contributed by atoms with E-state index in [1.54, 1.807) is 25.9 Å². The fraction of sp³-hybridized carbons (Fsp3) is 0.556. The van der Waals surface area contributed by atoms with Crippen LogP contribution in [-0.2, 0) is 15.2 Å². The number of halogens is 1. The van der Waals surface area contributed by atoms with Crippen LogP contribution >= 0.6 is 52.8 Å². The van der Waals surface area contributed by atoms with Crippen LogP contribution in [0.15, 0.2) is 6.07 Å². The van der Waals surface area contributed by atoms with Crippen molar-refractivity contribution in [1.82, 2.24) is 9.80 Å². The molecule has 4 fully saturated rings. The third-order valence-electron chi connectivity index (χ3n) is 6.76. The van der Waals surface area contributed by atoms with Crippen molar-refractivity contribution in [3.05, 3.63) is 16.7 Å². The molecule has 0 aromatic heterocycles. The van der Waals surface area contributed by atoms with E-state index in [4.69, 9.17) is 21.1 Å². The Bertz CT molecular complexity index is 1070. The molecular weight excluding hydrogens is 518 g/mol. The van der Waals surface area contributed by atoms with E-state index in [2.05, 4.69) is 0 Å². The molecule has 5 aliphatic rings. The number of amides is 2. The van der Waals surface area contributed by atoms with E-state index in [0.717, 1.165) is 10.8 Å². The van der Waals surface area contributed by atoms with Crippen LogP contribution in [0.3, 0.4) is 0 Å². The number of hydrogen-bond donors (Lipinski definition) is 2. The lowest BCUT2D eigenvalue weighted by atomic mass is 9.87. The van der Waals surface area contributed by atoms with Crippen LogP contribution in [-0.4, -0.2) is 82.2 Å². The predicted octanol–water partition coefficient (Wildman–Crippen LogP) is 2.10. The van der Waals surface area contributed by atoms with Gasteiger partial charge in [0.15, 0.2) is 22.0 Å². The van der Waals surface area contributed by atoms with Gasteiger partial charge in [0.05, 0.1) is 24.9 Å². The zero-order valence-corrected chi connectivity index (χ0v) is 21.6. The van der Waals surface area contributed by atoms with Crippen molar-refractivity contribution in [3.63, 3.8) is 0 Å². The van der Waals surface area contributed by atoms with Crippen LogP contribution in [0.4, 0.5) is 5.69 Å². The van der Waals surface area contributed by atoms with E-state index in [9.17, 15) is 19.8 Å². The number of aliphatic hydroxyl groups excluding tert-OH is 1. The Labute approximate surface area is 204 Å². The maximum Gasteiger partial charge on any atom is 0.264 e. The second-order valence-electron chi connectivity index (χ2n) is 8.05. The average Bonchev–Trinajstić information content (AvgIpc) is 3.10. The summed E-state index contributed by atoms with van der Waals surface area (Å²) in [7, 11) is 11.1. The number of likely N-dealkylation sites (N-methyl/N-ethyl adjacent to an activating group) is 2. The molecule has 0 unspecified atom stereocenters. The highest BCUT2D eigenvalue weighted by molar-refractivity contribution is 9.26. The molecule has 0 aliphatic carbocycles. The van der Waals surface area contributed by atoms with Crippen LogP contribution in [0.2, 0.25) is 5.02 Å². The molecule has 6 rings (SSSR count). The molecule has 2 bridgehead atoms. The van der Waals surface area contributed by atoms with Crippen molar-refractivity contribution in [2.75, 3.05) is 33.2 Å². The summed E-state index contributed by atoms with van der Waals surface area (Å²) >= 11 is 6.44. The summed E-state index contributed by atoms with van der Waals surface area (Å²) in [5.74, 6) is -0.274. The van der Waals surface area contributed by atoms with Gasteiger partial charge in [0.1, 0.15) is 12.3 Å². The van der Waals surface area contributed by atoms with Gasteiger partial charge in [-0.25, -0.2) is 0 Å². The molecule has 0 radical (unpaired) electrons. The van der Waals surface area contributed by atoms with Gasteiger partial charge in [-0.3, -0.25) is 14.5 Å². The maximum atomic E-state index is 13.9. The van der Waals surface area contributed by atoms with Crippen molar-refractivity contribution in [2.24, 2.45) is 0 Å². The summed E-state index contributed by atoms with van der Waals surface area (Å²) < 4.78 is 11.0. The number of ether oxygens (including phenoxy) is 2. The molecule has 5 aliphatic heterocycles. The summed E-state index contributed by atoms with van der Waals surface area (Å²) in [6, 6.07) is 1.50. The van der Waals surface area contributed by atoms with Gasteiger partial charge in [0.2, 0.25) is 4.87 Å². The smallest absolute Gasteiger partial charge is 0.264 e. The Morgan fingerprint density at radius 3 is 2.34 bits per heavy atom. The first-order chi connectivity index (χ1) is 15.0. The Balaban J connectivity index is 1.82. The SMILES string of the molecule is COc1c(Cl)cc2c(c1OC)N(C)[C@@H]1N3C(=O)[C@]4(C)SSSS[C@@]3(C(=O)N4C)[C@H](O)[C@@]21O. The van der Waals surface area contributed by atoms with Gasteiger partial charge in [-0.2, -0.15) is 0 Å². The zero-order chi connectivity index (χ0) is 23.4. The number of carbonyl (C=O) groups excluding carboxylic acids is 2. The standard InChI is InChI=1S/C18H20ClN3O6S4/c1-16-14(24)22-13-17(26,12(23)18(22,15(25)21(16)3)30-32-31-29-16)7-6-8(19)10(27-4)11(28-5)9(7)20(13)2/h6,12-13,23,26H,1-5H3/t12-,13-,16+,17+,18-/m1/s1. The second kappa shape index (κ2) is 7.09. The minimum Gasteiger partial charge on any atom is -0.491 e. The number of methoxy groups -OCH3 is 2. The Kier molecular flexibility index (Phi) is 5.08. The first kappa shape index (κ1) is 22.9. The van der Waals surface area contributed by atoms with Crippen molar-refractivity contribution < 1.29 is 29.3 Å². The summed E-state index contributed by atoms with van der Waals surface area (Å²) in [6.45, 7) is 1.68. The highest BCUT2D eigenvalue weighted by Crippen LogP contribution is 2.69. The summed E-state index contributed by atoms with van der Waals surface area (Å²) in [6.07, 6.45) is -2.70. The molecule has 1 spiro atoms. The quantitative estimate of drug-likeness (QED) is 0.542. The molecule has 5 heterocycles. The number of piperazine rings is 1. The number of carbonyl (C=O) groups is 2. The van der Waals surface area contributed by atoms with Gasteiger partial charge in [-0.05, 0) is 54.2 Å². The average molecular weight is 538 g/mol. The summed E-state index contributed by atoms with van der Waals surface area (Å²) in [5.41, 5.74) is -1.30. The minimum absolute atomic E-state index is 0.175. The Hall–Kier alpha value is -0.830. The molecular formula is C18H20ClN3O6S4. The lowest BCUT2D eigenvalue weighted by molar-refractivity contribution is -0.166. The fourth-order valence-electron chi connectivity index (χ4n) is 5.10. The van der Waals surface area contributed by atoms with Crippen molar-refractivity contribution in [2.45, 2.75) is 34.5 Å². The minimum atomic E-state index is -2.00. The third kappa shape index (κ3) is 2.31. The fourth-order valence-corrected chi connectivity index (χ4v) is 13.1. The van der Waals surface area contributed by atoms with E-state index in [-0.39, 0.29) is 28.0 Å². The van der Waals surface area contributed by atoms with Crippen molar-refractivity contribution >= 4 is 70.3 Å². The number of anilines is 1.